The number of nitrogens with one attached hydrogen (secondary N) is 1. The van der Waals surface area contributed by atoms with Crippen LogP contribution in [0, 0.1) is 0 Å². The van der Waals surface area contributed by atoms with Crippen molar-refractivity contribution in [1.29, 1.82) is 0 Å². The summed E-state index contributed by atoms with van der Waals surface area (Å²) < 4.78 is 11.9. The van der Waals surface area contributed by atoms with Crippen LogP contribution in [-0.4, -0.2) is 31.2 Å². The molecule has 0 aliphatic carbocycles. The molecule has 0 radical (unpaired) electrons. The second-order valence-corrected chi connectivity index (χ2v) is 7.20. The Morgan fingerprint density at radius 2 is 2.00 bits per heavy atom. The Morgan fingerprint density at radius 1 is 1.11 bits per heavy atom. The summed E-state index contributed by atoms with van der Waals surface area (Å²) in [4.78, 5) is 16.6. The van der Waals surface area contributed by atoms with Gasteiger partial charge in [0.1, 0.15) is 5.75 Å². The van der Waals surface area contributed by atoms with E-state index in [1.807, 2.05) is 42.5 Å². The smallest absolute Gasteiger partial charge is 0.228 e. The maximum absolute atomic E-state index is 12.4. The van der Waals surface area contributed by atoms with E-state index in [1.54, 1.807) is 24.0 Å². The SMILES string of the molecule is COCCCCCOc1cccc(CC(=O)Nc2ccc3ncsc3c2)c1. The fourth-order valence-electron chi connectivity index (χ4n) is 2.78. The van der Waals surface area contributed by atoms with Crippen LogP contribution in [0.15, 0.2) is 48.0 Å². The van der Waals surface area contributed by atoms with Gasteiger partial charge >= 0.3 is 0 Å². The Labute approximate surface area is 163 Å². The fourth-order valence-corrected chi connectivity index (χ4v) is 3.50. The number of fused-ring (bicyclic) bond motifs is 1. The second-order valence-electron chi connectivity index (χ2n) is 6.31. The molecular weight excluding hydrogens is 360 g/mol. The van der Waals surface area contributed by atoms with E-state index < -0.39 is 0 Å². The number of nitrogens with zero attached hydrogens (tertiary/aromatic N) is 1. The first-order valence-corrected chi connectivity index (χ1v) is 9.96. The van der Waals surface area contributed by atoms with Gasteiger partial charge < -0.3 is 14.8 Å². The van der Waals surface area contributed by atoms with Crippen LogP contribution >= 0.6 is 11.3 Å². The number of benzene rings is 2. The minimum absolute atomic E-state index is 0.0458. The number of carbonyl (C=O) groups excluding carboxylic acids is 1. The molecule has 0 atom stereocenters. The number of unbranched alkanes of at least 4 members (excludes halogenated alkanes) is 2. The zero-order valence-corrected chi connectivity index (χ0v) is 16.3. The van der Waals surface area contributed by atoms with Gasteiger partial charge in [0.25, 0.3) is 0 Å². The number of aromatic nitrogens is 1. The Balaban J connectivity index is 1.48. The lowest BCUT2D eigenvalue weighted by molar-refractivity contribution is -0.115. The molecule has 0 aliphatic heterocycles. The molecule has 5 nitrogen and oxygen atoms in total. The first-order valence-electron chi connectivity index (χ1n) is 9.08. The number of hydrogen-bond acceptors (Lipinski definition) is 5. The van der Waals surface area contributed by atoms with Crippen LogP contribution in [0.2, 0.25) is 0 Å². The highest BCUT2D eigenvalue weighted by molar-refractivity contribution is 7.16. The summed E-state index contributed by atoms with van der Waals surface area (Å²) in [6.45, 7) is 1.47. The lowest BCUT2D eigenvalue weighted by Crippen LogP contribution is -2.14. The van der Waals surface area contributed by atoms with Gasteiger partial charge in [-0.1, -0.05) is 12.1 Å². The molecular formula is C21H24N2O3S. The maximum atomic E-state index is 12.4. The van der Waals surface area contributed by atoms with Gasteiger partial charge in [-0.15, -0.1) is 11.3 Å². The van der Waals surface area contributed by atoms with E-state index in [9.17, 15) is 4.79 Å². The van der Waals surface area contributed by atoms with Gasteiger partial charge in [0, 0.05) is 19.4 Å². The summed E-state index contributed by atoms with van der Waals surface area (Å²) in [6.07, 6.45) is 3.44. The van der Waals surface area contributed by atoms with Gasteiger partial charge in [-0.2, -0.15) is 0 Å². The van der Waals surface area contributed by atoms with Crippen LogP contribution in [0.1, 0.15) is 24.8 Å². The lowest BCUT2D eigenvalue weighted by Gasteiger charge is -2.09. The number of thiazole rings is 1. The first kappa shape index (κ1) is 19.3. The van der Waals surface area contributed by atoms with Gasteiger partial charge in [-0.05, 0) is 55.2 Å². The third-order valence-corrected chi connectivity index (χ3v) is 4.93. The van der Waals surface area contributed by atoms with E-state index >= 15 is 0 Å². The van der Waals surface area contributed by atoms with Gasteiger partial charge in [0.2, 0.25) is 5.91 Å². The monoisotopic (exact) mass is 384 g/mol. The Bertz CT molecular complexity index is 878. The van der Waals surface area contributed by atoms with Crippen LogP contribution in [-0.2, 0) is 16.0 Å². The van der Waals surface area contributed by atoms with E-state index in [0.717, 1.165) is 53.1 Å². The van der Waals surface area contributed by atoms with Crippen molar-refractivity contribution < 1.29 is 14.3 Å². The molecule has 6 heteroatoms. The Morgan fingerprint density at radius 3 is 2.89 bits per heavy atom. The standard InChI is InChI=1S/C21H24N2O3S/c1-25-10-3-2-4-11-26-18-7-5-6-16(12-18)13-21(24)23-17-8-9-19-20(14-17)27-15-22-19/h5-9,12,14-15H,2-4,10-11,13H2,1H3,(H,23,24). The van der Waals surface area contributed by atoms with Crippen molar-refractivity contribution in [3.8, 4) is 5.75 Å². The molecule has 1 N–H and O–H groups in total. The van der Waals surface area contributed by atoms with E-state index in [-0.39, 0.29) is 5.91 Å². The number of carbonyl (C=O) groups is 1. The largest absolute Gasteiger partial charge is 0.494 e. The molecule has 0 saturated carbocycles. The van der Waals surface area contributed by atoms with Gasteiger partial charge in [-0.3, -0.25) is 4.79 Å². The first-order chi connectivity index (χ1) is 13.2. The van der Waals surface area contributed by atoms with Crippen molar-refractivity contribution in [3.05, 3.63) is 53.5 Å². The third kappa shape index (κ3) is 6.05. The summed E-state index contributed by atoms with van der Waals surface area (Å²) >= 11 is 1.56. The Kier molecular flexibility index (Phi) is 7.19. The van der Waals surface area contributed by atoms with Crippen molar-refractivity contribution >= 4 is 33.1 Å². The molecule has 0 unspecified atom stereocenters. The van der Waals surface area contributed by atoms with Crippen molar-refractivity contribution in [2.24, 2.45) is 0 Å². The van der Waals surface area contributed by atoms with E-state index in [4.69, 9.17) is 9.47 Å². The quantitative estimate of drug-likeness (QED) is 0.516. The highest BCUT2D eigenvalue weighted by Crippen LogP contribution is 2.22. The number of rotatable bonds is 10. The Hall–Kier alpha value is -2.44. The van der Waals surface area contributed by atoms with E-state index in [2.05, 4.69) is 10.3 Å². The second kappa shape index (κ2) is 10.0. The minimum Gasteiger partial charge on any atom is -0.494 e. The predicted octanol–water partition coefficient (Wildman–Crippen LogP) is 4.67. The molecule has 3 rings (SSSR count). The van der Waals surface area contributed by atoms with Crippen molar-refractivity contribution in [3.63, 3.8) is 0 Å². The number of hydrogen-bond donors (Lipinski definition) is 1. The molecule has 2 aromatic carbocycles. The fraction of sp³-hybridized carbons (Fsp3) is 0.333. The number of anilines is 1. The van der Waals surface area contributed by atoms with Crippen LogP contribution in [0.4, 0.5) is 5.69 Å². The maximum Gasteiger partial charge on any atom is 0.228 e. The van der Waals surface area contributed by atoms with Crippen LogP contribution < -0.4 is 10.1 Å². The molecule has 0 saturated heterocycles. The van der Waals surface area contributed by atoms with Gasteiger partial charge in [0.15, 0.2) is 0 Å². The minimum atomic E-state index is -0.0458. The zero-order chi connectivity index (χ0) is 18.9. The zero-order valence-electron chi connectivity index (χ0n) is 15.4. The molecule has 0 fully saturated rings. The summed E-state index contributed by atoms with van der Waals surface area (Å²) in [5.74, 6) is 0.758. The van der Waals surface area contributed by atoms with Gasteiger partial charge in [0.05, 0.1) is 28.8 Å². The third-order valence-electron chi connectivity index (χ3n) is 4.14. The summed E-state index contributed by atoms with van der Waals surface area (Å²) in [6, 6.07) is 13.5. The average Bonchev–Trinajstić information content (AvgIpc) is 3.12. The van der Waals surface area contributed by atoms with Crippen molar-refractivity contribution in [2.45, 2.75) is 25.7 Å². The molecule has 0 bridgehead atoms. The van der Waals surface area contributed by atoms with Gasteiger partial charge in [-0.25, -0.2) is 4.98 Å². The summed E-state index contributed by atoms with van der Waals surface area (Å²) in [7, 11) is 1.72. The van der Waals surface area contributed by atoms with E-state index in [0.29, 0.717) is 13.0 Å². The molecule has 27 heavy (non-hydrogen) atoms. The number of ether oxygens (including phenoxy) is 2. The molecule has 1 amide bonds. The van der Waals surface area contributed by atoms with Crippen LogP contribution in [0.3, 0.4) is 0 Å². The predicted molar refractivity (Wildman–Crippen MR) is 110 cm³/mol. The lowest BCUT2D eigenvalue weighted by atomic mass is 10.1. The van der Waals surface area contributed by atoms with Crippen LogP contribution in [0.5, 0.6) is 5.75 Å². The molecule has 1 heterocycles. The van der Waals surface area contributed by atoms with Crippen LogP contribution in [0.25, 0.3) is 10.2 Å². The highest BCUT2D eigenvalue weighted by Gasteiger charge is 2.07. The molecule has 142 valence electrons. The number of amides is 1. The molecule has 0 spiro atoms. The summed E-state index contributed by atoms with van der Waals surface area (Å²) in [5, 5.41) is 2.95. The van der Waals surface area contributed by atoms with Crippen molar-refractivity contribution in [1.82, 2.24) is 4.98 Å². The summed E-state index contributed by atoms with van der Waals surface area (Å²) in [5.41, 5.74) is 4.48. The topological polar surface area (TPSA) is 60.5 Å². The number of methoxy groups -OCH3 is 1. The van der Waals surface area contributed by atoms with Crippen molar-refractivity contribution in [2.75, 3.05) is 25.6 Å². The normalized spacial score (nSPS) is 10.9. The van der Waals surface area contributed by atoms with E-state index in [1.165, 1.54) is 0 Å². The molecule has 3 aromatic rings. The average molecular weight is 385 g/mol. The molecule has 0 aliphatic rings. The molecule has 1 aromatic heterocycles. The highest BCUT2D eigenvalue weighted by atomic mass is 32.1.